The van der Waals surface area contributed by atoms with Gasteiger partial charge >= 0.3 is 0 Å². The van der Waals surface area contributed by atoms with E-state index in [4.69, 9.17) is 4.43 Å². The summed E-state index contributed by atoms with van der Waals surface area (Å²) in [5.41, 5.74) is 0. The summed E-state index contributed by atoms with van der Waals surface area (Å²) in [6, 6.07) is 0. The van der Waals surface area contributed by atoms with Crippen LogP contribution in [0.4, 0.5) is 0 Å². The molecule has 2 atom stereocenters. The molecule has 0 aliphatic carbocycles. The lowest BCUT2D eigenvalue weighted by Crippen LogP contribution is -2.41. The summed E-state index contributed by atoms with van der Waals surface area (Å²) in [5, 5.41) is 9.81. The average molecular weight is 246 g/mol. The summed E-state index contributed by atoms with van der Waals surface area (Å²) in [5.74, 6) is -0.303. The van der Waals surface area contributed by atoms with Crippen LogP contribution in [0.1, 0.15) is 34.1 Å². The maximum Gasteiger partial charge on any atom is 0.191 e. The second-order valence-corrected chi connectivity index (χ2v) is 10.8. The number of aldehydes is 1. The molecule has 16 heavy (non-hydrogen) atoms. The van der Waals surface area contributed by atoms with Crippen LogP contribution in [-0.4, -0.2) is 32.4 Å². The first-order valence-corrected chi connectivity index (χ1v) is 8.80. The van der Waals surface area contributed by atoms with Gasteiger partial charge in [0.25, 0.3) is 0 Å². The lowest BCUT2D eigenvalue weighted by atomic mass is 10.0. The number of aliphatic hydroxyl groups excluding tert-OH is 1. The fraction of sp³-hybridized carbons (Fsp3) is 0.917. The summed E-state index contributed by atoms with van der Waals surface area (Å²) < 4.78 is 5.92. The molecule has 0 aromatic rings. The normalized spacial score (nSPS) is 16.9. The van der Waals surface area contributed by atoms with Gasteiger partial charge in [-0.3, -0.25) is 0 Å². The van der Waals surface area contributed by atoms with Gasteiger partial charge in [-0.15, -0.1) is 0 Å². The number of hydrogen-bond acceptors (Lipinski definition) is 3. The van der Waals surface area contributed by atoms with E-state index in [1.165, 1.54) is 0 Å². The van der Waals surface area contributed by atoms with Crippen LogP contribution in [0, 0.1) is 5.92 Å². The number of aliphatic hydroxyl groups is 1. The summed E-state index contributed by atoms with van der Waals surface area (Å²) in [4.78, 5) is 10.5. The van der Waals surface area contributed by atoms with E-state index in [0.29, 0.717) is 13.0 Å². The molecule has 0 heterocycles. The Morgan fingerprint density at radius 3 is 2.25 bits per heavy atom. The topological polar surface area (TPSA) is 46.5 Å². The van der Waals surface area contributed by atoms with E-state index in [2.05, 4.69) is 33.9 Å². The molecule has 4 heteroatoms. The monoisotopic (exact) mass is 246 g/mol. The van der Waals surface area contributed by atoms with Gasteiger partial charge in [0.1, 0.15) is 6.29 Å². The SMILES string of the molecule is C[C@@H](C=O)[C@H](O)CCO[Si](C)(C)C(C)(C)C. The van der Waals surface area contributed by atoms with Crippen LogP contribution in [-0.2, 0) is 9.22 Å². The number of rotatable bonds is 6. The Kier molecular flexibility index (Phi) is 5.86. The minimum absolute atomic E-state index is 0.189. The van der Waals surface area contributed by atoms with Crippen molar-refractivity contribution in [3.05, 3.63) is 0 Å². The summed E-state index contributed by atoms with van der Waals surface area (Å²) in [6.07, 6.45) is 0.742. The Labute approximate surface area is 100 Å². The van der Waals surface area contributed by atoms with Crippen LogP contribution in [0.3, 0.4) is 0 Å². The van der Waals surface area contributed by atoms with Gasteiger partial charge in [0, 0.05) is 12.5 Å². The van der Waals surface area contributed by atoms with E-state index in [1.54, 1.807) is 6.92 Å². The molecule has 0 fully saturated rings. The molecule has 0 aromatic heterocycles. The van der Waals surface area contributed by atoms with Crippen molar-refractivity contribution in [2.45, 2.75) is 58.4 Å². The van der Waals surface area contributed by atoms with Gasteiger partial charge in [0.15, 0.2) is 8.32 Å². The van der Waals surface area contributed by atoms with Crippen molar-refractivity contribution in [1.82, 2.24) is 0 Å². The third kappa shape index (κ3) is 4.76. The van der Waals surface area contributed by atoms with E-state index in [1.807, 2.05) is 0 Å². The van der Waals surface area contributed by atoms with E-state index >= 15 is 0 Å². The first-order chi connectivity index (χ1) is 7.12. The third-order valence-corrected chi connectivity index (χ3v) is 8.04. The largest absolute Gasteiger partial charge is 0.417 e. The molecule has 0 spiro atoms. The zero-order valence-electron chi connectivity index (χ0n) is 11.4. The molecule has 0 saturated carbocycles. The number of carbonyl (C=O) groups is 1. The van der Waals surface area contributed by atoms with E-state index in [0.717, 1.165) is 6.29 Å². The van der Waals surface area contributed by atoms with Crippen molar-refractivity contribution in [3.63, 3.8) is 0 Å². The molecule has 0 aromatic carbocycles. The Hall–Kier alpha value is -0.193. The molecule has 1 N–H and O–H groups in total. The molecule has 0 aliphatic heterocycles. The molecule has 0 radical (unpaired) electrons. The summed E-state index contributed by atoms with van der Waals surface area (Å²) >= 11 is 0. The van der Waals surface area contributed by atoms with Crippen molar-refractivity contribution in [1.29, 1.82) is 0 Å². The van der Waals surface area contributed by atoms with Crippen LogP contribution in [0.25, 0.3) is 0 Å². The number of hydrogen-bond donors (Lipinski definition) is 1. The van der Waals surface area contributed by atoms with Gasteiger partial charge in [-0.2, -0.15) is 0 Å². The maximum absolute atomic E-state index is 10.5. The molecule has 0 bridgehead atoms. The van der Waals surface area contributed by atoms with E-state index in [9.17, 15) is 9.90 Å². The molecule has 96 valence electrons. The maximum atomic E-state index is 10.5. The van der Waals surface area contributed by atoms with Crippen molar-refractivity contribution in [3.8, 4) is 0 Å². The fourth-order valence-electron chi connectivity index (χ4n) is 1.00. The Morgan fingerprint density at radius 2 is 1.88 bits per heavy atom. The lowest BCUT2D eigenvalue weighted by Gasteiger charge is -2.36. The highest BCUT2D eigenvalue weighted by Gasteiger charge is 2.37. The predicted octanol–water partition coefficient (Wildman–Crippen LogP) is 2.59. The fourth-order valence-corrected chi connectivity index (χ4v) is 2.07. The van der Waals surface area contributed by atoms with Gasteiger partial charge in [0.05, 0.1) is 6.10 Å². The minimum atomic E-state index is -1.72. The highest BCUT2D eigenvalue weighted by atomic mass is 28.4. The average Bonchev–Trinajstić information content (AvgIpc) is 2.14. The van der Waals surface area contributed by atoms with Crippen LogP contribution in [0.5, 0.6) is 0 Å². The zero-order valence-corrected chi connectivity index (χ0v) is 12.4. The highest BCUT2D eigenvalue weighted by Crippen LogP contribution is 2.36. The predicted molar refractivity (Wildman–Crippen MR) is 69.0 cm³/mol. The summed E-state index contributed by atoms with van der Waals surface area (Å²) in [7, 11) is -1.72. The van der Waals surface area contributed by atoms with E-state index in [-0.39, 0.29) is 11.0 Å². The van der Waals surface area contributed by atoms with E-state index < -0.39 is 14.4 Å². The van der Waals surface area contributed by atoms with Crippen LogP contribution in [0.15, 0.2) is 0 Å². The molecule has 0 unspecified atom stereocenters. The molecular weight excluding hydrogens is 220 g/mol. The van der Waals surface area contributed by atoms with Crippen LogP contribution < -0.4 is 0 Å². The summed E-state index contributed by atoms with van der Waals surface area (Å²) in [6.45, 7) is 13.2. The Morgan fingerprint density at radius 1 is 1.38 bits per heavy atom. The van der Waals surface area contributed by atoms with Crippen molar-refractivity contribution in [2.24, 2.45) is 5.92 Å². The Bertz CT molecular complexity index is 221. The molecule has 0 rings (SSSR count). The van der Waals surface area contributed by atoms with Crippen LogP contribution in [0.2, 0.25) is 18.1 Å². The quantitative estimate of drug-likeness (QED) is 0.579. The third-order valence-electron chi connectivity index (χ3n) is 3.50. The van der Waals surface area contributed by atoms with Crippen molar-refractivity contribution in [2.75, 3.05) is 6.61 Å². The van der Waals surface area contributed by atoms with Gasteiger partial charge in [-0.05, 0) is 24.6 Å². The standard InChI is InChI=1S/C12H26O3Si/c1-10(9-13)11(14)7-8-15-16(5,6)12(2,3)4/h9-11,14H,7-8H2,1-6H3/t10-,11+/m0/s1. The van der Waals surface area contributed by atoms with Gasteiger partial charge in [0.2, 0.25) is 0 Å². The van der Waals surface area contributed by atoms with Crippen molar-refractivity contribution < 1.29 is 14.3 Å². The molecule has 3 nitrogen and oxygen atoms in total. The van der Waals surface area contributed by atoms with Crippen molar-refractivity contribution >= 4 is 14.6 Å². The van der Waals surface area contributed by atoms with Gasteiger partial charge in [-0.1, -0.05) is 27.7 Å². The first kappa shape index (κ1) is 15.8. The van der Waals surface area contributed by atoms with Gasteiger partial charge in [-0.25, -0.2) is 0 Å². The second kappa shape index (κ2) is 5.94. The first-order valence-electron chi connectivity index (χ1n) is 5.89. The Balaban J connectivity index is 4.04. The molecule has 0 aliphatic rings. The second-order valence-electron chi connectivity index (χ2n) is 5.96. The molecule has 0 amide bonds. The smallest absolute Gasteiger partial charge is 0.191 e. The molecular formula is C12H26O3Si. The van der Waals surface area contributed by atoms with Crippen LogP contribution >= 0.6 is 0 Å². The van der Waals surface area contributed by atoms with Gasteiger partial charge < -0.3 is 14.3 Å². The highest BCUT2D eigenvalue weighted by molar-refractivity contribution is 6.74. The zero-order chi connectivity index (χ0) is 13.0. The lowest BCUT2D eigenvalue weighted by molar-refractivity contribution is -0.113. The molecule has 0 saturated heterocycles. The number of carbonyl (C=O) groups excluding carboxylic acids is 1. The minimum Gasteiger partial charge on any atom is -0.417 e.